The van der Waals surface area contributed by atoms with Gasteiger partial charge < -0.3 is 11.1 Å². The van der Waals surface area contributed by atoms with E-state index < -0.39 is 0 Å². The predicted molar refractivity (Wildman–Crippen MR) is 64.3 cm³/mol. The molecule has 1 amide bonds. The van der Waals surface area contributed by atoms with Crippen LogP contribution in [0.25, 0.3) is 0 Å². The van der Waals surface area contributed by atoms with Crippen molar-refractivity contribution in [2.75, 3.05) is 12.3 Å². The number of hydrogen-bond donors (Lipinski definition) is 3. The molecule has 92 valence electrons. The Balaban J connectivity index is 1.53. The molecule has 3 unspecified atom stereocenters. The first-order chi connectivity index (χ1) is 8.22. The number of aromatic amines is 1. The van der Waals surface area contributed by atoms with E-state index in [2.05, 4.69) is 15.5 Å². The van der Waals surface area contributed by atoms with Gasteiger partial charge in [-0.15, -0.1) is 0 Å². The molecule has 2 bridgehead atoms. The van der Waals surface area contributed by atoms with Crippen LogP contribution in [0.3, 0.4) is 0 Å². The maximum atomic E-state index is 11.8. The van der Waals surface area contributed by atoms with Crippen molar-refractivity contribution in [1.29, 1.82) is 0 Å². The molecule has 0 aromatic carbocycles. The summed E-state index contributed by atoms with van der Waals surface area (Å²) in [6.45, 7) is 0.791. The first kappa shape index (κ1) is 10.6. The Labute approximate surface area is 100 Å². The summed E-state index contributed by atoms with van der Waals surface area (Å²) in [6.07, 6.45) is 5.40. The molecule has 0 aliphatic heterocycles. The Hall–Kier alpha value is -1.52. The van der Waals surface area contributed by atoms with Gasteiger partial charge >= 0.3 is 0 Å². The number of carbonyl (C=O) groups is 1. The summed E-state index contributed by atoms with van der Waals surface area (Å²) in [4.78, 5) is 11.8. The van der Waals surface area contributed by atoms with Gasteiger partial charge in [-0.1, -0.05) is 6.42 Å². The number of fused-ring (bicyclic) bond motifs is 2. The summed E-state index contributed by atoms with van der Waals surface area (Å²) in [7, 11) is 0. The summed E-state index contributed by atoms with van der Waals surface area (Å²) in [5.41, 5.74) is 5.91. The van der Waals surface area contributed by atoms with E-state index in [0.717, 1.165) is 18.4 Å². The SMILES string of the molecule is Nc1cc(C(=O)NCC2CC3CCC2C3)[nH]n1. The topological polar surface area (TPSA) is 83.8 Å². The second kappa shape index (κ2) is 4.05. The molecule has 5 heteroatoms. The number of aromatic nitrogens is 2. The maximum absolute atomic E-state index is 11.8. The third-order valence-corrected chi connectivity index (χ3v) is 4.25. The zero-order valence-corrected chi connectivity index (χ0v) is 9.78. The monoisotopic (exact) mass is 234 g/mol. The predicted octanol–water partition coefficient (Wildman–Crippen LogP) is 1.16. The van der Waals surface area contributed by atoms with Crippen molar-refractivity contribution in [2.45, 2.75) is 25.7 Å². The Morgan fingerprint density at radius 3 is 3.00 bits per heavy atom. The highest BCUT2D eigenvalue weighted by atomic mass is 16.1. The highest BCUT2D eigenvalue weighted by Gasteiger charge is 2.39. The molecular weight excluding hydrogens is 216 g/mol. The Bertz CT molecular complexity index is 428. The van der Waals surface area contributed by atoms with Crippen molar-refractivity contribution in [3.05, 3.63) is 11.8 Å². The smallest absolute Gasteiger partial charge is 0.269 e. The van der Waals surface area contributed by atoms with Crippen molar-refractivity contribution in [3.8, 4) is 0 Å². The molecule has 2 saturated carbocycles. The number of carbonyl (C=O) groups excluding carboxylic acids is 1. The van der Waals surface area contributed by atoms with Gasteiger partial charge in [-0.25, -0.2) is 0 Å². The van der Waals surface area contributed by atoms with Gasteiger partial charge in [0.2, 0.25) is 0 Å². The van der Waals surface area contributed by atoms with E-state index >= 15 is 0 Å². The Morgan fingerprint density at radius 1 is 1.53 bits per heavy atom. The van der Waals surface area contributed by atoms with Crippen LogP contribution in [0.4, 0.5) is 5.82 Å². The summed E-state index contributed by atoms with van der Waals surface area (Å²) in [5, 5.41) is 9.35. The third kappa shape index (κ3) is 2.01. The minimum Gasteiger partial charge on any atom is -0.382 e. The number of nitrogen functional groups attached to an aromatic ring is 1. The third-order valence-electron chi connectivity index (χ3n) is 4.25. The average Bonchev–Trinajstić information content (AvgIpc) is 3.01. The molecule has 2 aliphatic rings. The van der Waals surface area contributed by atoms with Gasteiger partial charge in [-0.05, 0) is 37.0 Å². The van der Waals surface area contributed by atoms with Gasteiger partial charge in [0.25, 0.3) is 5.91 Å². The van der Waals surface area contributed by atoms with Crippen LogP contribution in [0, 0.1) is 17.8 Å². The second-order valence-electron chi connectivity index (χ2n) is 5.35. The first-order valence-electron chi connectivity index (χ1n) is 6.31. The lowest BCUT2D eigenvalue weighted by atomic mass is 9.89. The largest absolute Gasteiger partial charge is 0.382 e. The van der Waals surface area contributed by atoms with Crippen LogP contribution >= 0.6 is 0 Å². The number of amides is 1. The molecular formula is C12H18N4O. The number of nitrogens with zero attached hydrogens (tertiary/aromatic N) is 1. The summed E-state index contributed by atoms with van der Waals surface area (Å²) >= 11 is 0. The summed E-state index contributed by atoms with van der Waals surface area (Å²) < 4.78 is 0. The Morgan fingerprint density at radius 2 is 2.41 bits per heavy atom. The average molecular weight is 234 g/mol. The fourth-order valence-electron chi connectivity index (χ4n) is 3.40. The van der Waals surface area contributed by atoms with Gasteiger partial charge in [-0.3, -0.25) is 9.89 Å². The zero-order chi connectivity index (χ0) is 11.8. The molecule has 1 aromatic rings. The van der Waals surface area contributed by atoms with Crippen LogP contribution in [-0.4, -0.2) is 22.6 Å². The number of nitrogens with two attached hydrogens (primary N) is 1. The van der Waals surface area contributed by atoms with E-state index in [0.29, 0.717) is 17.4 Å². The van der Waals surface area contributed by atoms with Crippen molar-refractivity contribution in [3.63, 3.8) is 0 Å². The van der Waals surface area contributed by atoms with E-state index in [1.54, 1.807) is 6.07 Å². The fourth-order valence-corrected chi connectivity index (χ4v) is 3.40. The number of H-pyrrole nitrogens is 1. The van der Waals surface area contributed by atoms with Crippen LogP contribution < -0.4 is 11.1 Å². The molecule has 0 radical (unpaired) electrons. The van der Waals surface area contributed by atoms with Crippen LogP contribution in [0.2, 0.25) is 0 Å². The lowest BCUT2D eigenvalue weighted by molar-refractivity contribution is 0.0936. The van der Waals surface area contributed by atoms with E-state index in [9.17, 15) is 4.79 Å². The lowest BCUT2D eigenvalue weighted by Gasteiger charge is -2.21. The van der Waals surface area contributed by atoms with Crippen LogP contribution in [0.15, 0.2) is 6.07 Å². The second-order valence-corrected chi connectivity index (χ2v) is 5.35. The standard InChI is InChI=1S/C12H18N4O/c13-11-5-10(15-16-11)12(17)14-6-9-4-7-1-2-8(9)3-7/h5,7-9H,1-4,6H2,(H,14,17)(H3,13,15,16). The van der Waals surface area contributed by atoms with Crippen molar-refractivity contribution in [1.82, 2.24) is 15.5 Å². The van der Waals surface area contributed by atoms with E-state index in [4.69, 9.17) is 5.73 Å². The Kier molecular flexibility index (Phi) is 2.53. The molecule has 0 spiro atoms. The van der Waals surface area contributed by atoms with E-state index in [1.807, 2.05) is 0 Å². The fraction of sp³-hybridized carbons (Fsp3) is 0.667. The van der Waals surface area contributed by atoms with E-state index in [-0.39, 0.29) is 5.91 Å². The van der Waals surface area contributed by atoms with E-state index in [1.165, 1.54) is 25.7 Å². The van der Waals surface area contributed by atoms with Crippen LogP contribution in [-0.2, 0) is 0 Å². The molecule has 5 nitrogen and oxygen atoms in total. The van der Waals surface area contributed by atoms with Gasteiger partial charge in [0, 0.05) is 12.6 Å². The number of nitrogens with one attached hydrogen (secondary N) is 2. The van der Waals surface area contributed by atoms with Crippen LogP contribution in [0.5, 0.6) is 0 Å². The van der Waals surface area contributed by atoms with Gasteiger partial charge in [0.15, 0.2) is 0 Å². The quantitative estimate of drug-likeness (QED) is 0.733. The summed E-state index contributed by atoms with van der Waals surface area (Å²) in [6, 6.07) is 1.57. The lowest BCUT2D eigenvalue weighted by Crippen LogP contribution is -2.31. The van der Waals surface area contributed by atoms with Crippen LogP contribution in [0.1, 0.15) is 36.2 Å². The van der Waals surface area contributed by atoms with Crippen molar-refractivity contribution >= 4 is 11.7 Å². The molecule has 4 N–H and O–H groups in total. The molecule has 2 fully saturated rings. The molecule has 2 aliphatic carbocycles. The van der Waals surface area contributed by atoms with Crippen molar-refractivity contribution < 1.29 is 4.79 Å². The maximum Gasteiger partial charge on any atom is 0.269 e. The molecule has 17 heavy (non-hydrogen) atoms. The summed E-state index contributed by atoms with van der Waals surface area (Å²) in [5.74, 6) is 2.70. The highest BCUT2D eigenvalue weighted by molar-refractivity contribution is 5.92. The van der Waals surface area contributed by atoms with Crippen molar-refractivity contribution in [2.24, 2.45) is 17.8 Å². The molecule has 1 heterocycles. The molecule has 3 atom stereocenters. The number of anilines is 1. The number of hydrogen-bond acceptors (Lipinski definition) is 3. The van der Waals surface area contributed by atoms with Gasteiger partial charge in [-0.2, -0.15) is 5.10 Å². The first-order valence-corrected chi connectivity index (χ1v) is 6.31. The minimum atomic E-state index is -0.100. The van der Waals surface area contributed by atoms with Gasteiger partial charge in [0.05, 0.1) is 0 Å². The molecule has 3 rings (SSSR count). The molecule has 1 aromatic heterocycles. The highest BCUT2D eigenvalue weighted by Crippen LogP contribution is 2.47. The normalized spacial score (nSPS) is 30.7. The van der Waals surface area contributed by atoms with Gasteiger partial charge in [0.1, 0.15) is 11.5 Å². The number of rotatable bonds is 3. The zero-order valence-electron chi connectivity index (χ0n) is 9.78. The minimum absolute atomic E-state index is 0.100. The molecule has 0 saturated heterocycles.